The first-order valence-corrected chi connectivity index (χ1v) is 5.95. The molecule has 0 bridgehead atoms. The highest BCUT2D eigenvalue weighted by Gasteiger charge is 2.26. The van der Waals surface area contributed by atoms with Gasteiger partial charge in [0.25, 0.3) is 0 Å². The van der Waals surface area contributed by atoms with Crippen molar-refractivity contribution < 1.29 is 22.0 Å². The summed E-state index contributed by atoms with van der Waals surface area (Å²) in [7, 11) is 0. The standard InChI is InChI=1S/C12H6BrF5N2/c13-4-1-2-6(5(19)3-4)20-12-10(17)8(15)7(14)9(16)11(12)18/h1-3,20H,19H2. The fourth-order valence-electron chi connectivity index (χ4n) is 1.50. The molecule has 3 N–H and O–H groups in total. The lowest BCUT2D eigenvalue weighted by Gasteiger charge is -2.12. The Bertz CT molecular complexity index is 661. The van der Waals surface area contributed by atoms with Crippen LogP contribution in [0.2, 0.25) is 0 Å². The summed E-state index contributed by atoms with van der Waals surface area (Å²) in [6, 6.07) is 4.23. The second kappa shape index (κ2) is 5.28. The van der Waals surface area contributed by atoms with E-state index < -0.39 is 34.8 Å². The van der Waals surface area contributed by atoms with E-state index in [0.717, 1.165) is 0 Å². The average molecular weight is 353 g/mol. The first-order valence-electron chi connectivity index (χ1n) is 5.16. The minimum absolute atomic E-state index is 0.0106. The molecule has 0 atom stereocenters. The second-order valence-corrected chi connectivity index (χ2v) is 4.72. The van der Waals surface area contributed by atoms with Gasteiger partial charge in [0.2, 0.25) is 5.82 Å². The maximum atomic E-state index is 13.5. The zero-order valence-corrected chi connectivity index (χ0v) is 11.2. The molecule has 2 nitrogen and oxygen atoms in total. The topological polar surface area (TPSA) is 38.0 Å². The van der Waals surface area contributed by atoms with Crippen molar-refractivity contribution in [3.05, 3.63) is 51.8 Å². The van der Waals surface area contributed by atoms with Gasteiger partial charge in [0.15, 0.2) is 23.3 Å². The van der Waals surface area contributed by atoms with E-state index in [9.17, 15) is 22.0 Å². The SMILES string of the molecule is Nc1cc(Br)ccc1Nc1c(F)c(F)c(F)c(F)c1F. The summed E-state index contributed by atoms with van der Waals surface area (Å²) in [6.45, 7) is 0. The molecule has 0 saturated heterocycles. The number of hydrogen-bond acceptors (Lipinski definition) is 2. The van der Waals surface area contributed by atoms with Gasteiger partial charge in [-0.1, -0.05) is 15.9 Å². The zero-order valence-electron chi connectivity index (χ0n) is 9.58. The summed E-state index contributed by atoms with van der Waals surface area (Å²) in [5, 5.41) is 2.10. The van der Waals surface area contributed by atoms with Gasteiger partial charge in [0, 0.05) is 4.47 Å². The van der Waals surface area contributed by atoms with E-state index >= 15 is 0 Å². The van der Waals surface area contributed by atoms with Crippen LogP contribution in [0.4, 0.5) is 39.0 Å². The summed E-state index contributed by atoms with van der Waals surface area (Å²) in [6.07, 6.45) is 0. The van der Waals surface area contributed by atoms with Crippen molar-refractivity contribution in [2.75, 3.05) is 11.1 Å². The van der Waals surface area contributed by atoms with Crippen LogP contribution < -0.4 is 11.1 Å². The molecule has 2 aromatic rings. The Morgan fingerprint density at radius 1 is 0.850 bits per heavy atom. The van der Waals surface area contributed by atoms with Crippen molar-refractivity contribution >= 4 is 33.0 Å². The molecule has 0 aliphatic carbocycles. The highest BCUT2D eigenvalue weighted by atomic mass is 79.9. The smallest absolute Gasteiger partial charge is 0.200 e. The third-order valence-corrected chi connectivity index (χ3v) is 2.98. The van der Waals surface area contributed by atoms with Crippen molar-refractivity contribution in [2.24, 2.45) is 0 Å². The van der Waals surface area contributed by atoms with Gasteiger partial charge < -0.3 is 11.1 Å². The van der Waals surface area contributed by atoms with E-state index in [2.05, 4.69) is 21.2 Å². The number of nitrogen functional groups attached to an aromatic ring is 1. The Balaban J connectivity index is 2.54. The van der Waals surface area contributed by atoms with Crippen molar-refractivity contribution in [3.8, 4) is 0 Å². The van der Waals surface area contributed by atoms with Gasteiger partial charge in [-0.15, -0.1) is 0 Å². The quantitative estimate of drug-likeness (QED) is 0.362. The monoisotopic (exact) mass is 352 g/mol. The maximum Gasteiger partial charge on any atom is 0.200 e. The van der Waals surface area contributed by atoms with Gasteiger partial charge >= 0.3 is 0 Å². The molecule has 0 amide bonds. The van der Waals surface area contributed by atoms with Gasteiger partial charge in [-0.2, -0.15) is 0 Å². The van der Waals surface area contributed by atoms with Gasteiger partial charge in [-0.05, 0) is 18.2 Å². The second-order valence-electron chi connectivity index (χ2n) is 3.80. The lowest BCUT2D eigenvalue weighted by Crippen LogP contribution is -2.07. The molecule has 0 aliphatic heterocycles. The predicted molar refractivity (Wildman–Crippen MR) is 68.1 cm³/mol. The molecule has 0 saturated carbocycles. The maximum absolute atomic E-state index is 13.5. The molecule has 0 unspecified atom stereocenters. The predicted octanol–water partition coefficient (Wildman–Crippen LogP) is 4.47. The summed E-state index contributed by atoms with van der Waals surface area (Å²) in [5.41, 5.74) is 4.50. The van der Waals surface area contributed by atoms with Crippen LogP contribution >= 0.6 is 15.9 Å². The van der Waals surface area contributed by atoms with E-state index in [1.807, 2.05) is 0 Å². The molecular weight excluding hydrogens is 347 g/mol. The zero-order chi connectivity index (χ0) is 15.0. The molecule has 0 spiro atoms. The van der Waals surface area contributed by atoms with Crippen LogP contribution in [0.15, 0.2) is 22.7 Å². The first kappa shape index (κ1) is 14.6. The number of halogens is 6. The van der Waals surface area contributed by atoms with E-state index in [1.165, 1.54) is 18.2 Å². The molecule has 20 heavy (non-hydrogen) atoms. The largest absolute Gasteiger partial charge is 0.397 e. The summed E-state index contributed by atoms with van der Waals surface area (Å²) in [5.74, 6) is -10.2. The summed E-state index contributed by atoms with van der Waals surface area (Å²) in [4.78, 5) is 0. The van der Waals surface area contributed by atoms with Crippen LogP contribution in [0.5, 0.6) is 0 Å². The molecule has 0 fully saturated rings. The number of anilines is 3. The van der Waals surface area contributed by atoms with Gasteiger partial charge in [-0.25, -0.2) is 22.0 Å². The van der Waals surface area contributed by atoms with E-state index in [0.29, 0.717) is 4.47 Å². The molecule has 0 radical (unpaired) electrons. The average Bonchev–Trinajstić information content (AvgIpc) is 2.41. The van der Waals surface area contributed by atoms with E-state index in [1.54, 1.807) is 0 Å². The fourth-order valence-corrected chi connectivity index (χ4v) is 1.88. The van der Waals surface area contributed by atoms with Crippen LogP contribution in [0.3, 0.4) is 0 Å². The molecule has 0 aromatic heterocycles. The van der Waals surface area contributed by atoms with Crippen LogP contribution in [0.1, 0.15) is 0 Å². The molecule has 2 aromatic carbocycles. The Morgan fingerprint density at radius 2 is 1.35 bits per heavy atom. The first-order chi connectivity index (χ1) is 9.32. The van der Waals surface area contributed by atoms with Gasteiger partial charge in [0.1, 0.15) is 5.69 Å². The van der Waals surface area contributed by atoms with E-state index in [-0.39, 0.29) is 11.4 Å². The summed E-state index contributed by atoms with van der Waals surface area (Å²) >= 11 is 3.12. The fraction of sp³-hybridized carbons (Fsp3) is 0. The van der Waals surface area contributed by atoms with Crippen LogP contribution in [-0.2, 0) is 0 Å². The molecule has 0 aliphatic rings. The number of nitrogens with two attached hydrogens (primary N) is 1. The minimum Gasteiger partial charge on any atom is -0.397 e. The highest BCUT2D eigenvalue weighted by Crippen LogP contribution is 2.32. The van der Waals surface area contributed by atoms with Crippen molar-refractivity contribution in [1.29, 1.82) is 0 Å². The molecular formula is C12H6BrF5N2. The van der Waals surface area contributed by atoms with E-state index in [4.69, 9.17) is 5.73 Å². The third kappa shape index (κ3) is 2.43. The number of nitrogens with one attached hydrogen (secondary N) is 1. The van der Waals surface area contributed by atoms with Crippen LogP contribution in [-0.4, -0.2) is 0 Å². The van der Waals surface area contributed by atoms with Crippen molar-refractivity contribution in [1.82, 2.24) is 0 Å². The molecule has 106 valence electrons. The number of hydrogen-bond donors (Lipinski definition) is 2. The summed E-state index contributed by atoms with van der Waals surface area (Å²) < 4.78 is 66.5. The number of rotatable bonds is 2. The van der Waals surface area contributed by atoms with Crippen LogP contribution in [0, 0.1) is 29.1 Å². The highest BCUT2D eigenvalue weighted by molar-refractivity contribution is 9.10. The number of benzene rings is 2. The Kier molecular flexibility index (Phi) is 3.85. The molecule has 2 rings (SSSR count). The molecule has 8 heteroatoms. The Labute approximate surface area is 118 Å². The van der Waals surface area contributed by atoms with Crippen molar-refractivity contribution in [3.63, 3.8) is 0 Å². The Morgan fingerprint density at radius 3 is 1.85 bits per heavy atom. The molecule has 0 heterocycles. The van der Waals surface area contributed by atoms with Crippen LogP contribution in [0.25, 0.3) is 0 Å². The minimum atomic E-state index is -2.21. The lowest BCUT2D eigenvalue weighted by molar-refractivity contribution is 0.382. The van der Waals surface area contributed by atoms with Gasteiger partial charge in [-0.3, -0.25) is 0 Å². The Hall–Kier alpha value is -1.83. The lowest BCUT2D eigenvalue weighted by atomic mass is 10.2. The normalized spacial score (nSPS) is 10.7. The van der Waals surface area contributed by atoms with Crippen molar-refractivity contribution in [2.45, 2.75) is 0 Å². The third-order valence-electron chi connectivity index (χ3n) is 2.48. The van der Waals surface area contributed by atoms with Gasteiger partial charge in [0.05, 0.1) is 11.4 Å².